The van der Waals surface area contributed by atoms with Crippen molar-refractivity contribution in [1.82, 2.24) is 5.32 Å². The lowest BCUT2D eigenvalue weighted by Gasteiger charge is -2.20. The lowest BCUT2D eigenvalue weighted by molar-refractivity contribution is 0.0894. The van der Waals surface area contributed by atoms with Gasteiger partial charge in [0, 0.05) is 3.57 Å². The van der Waals surface area contributed by atoms with Gasteiger partial charge in [0.15, 0.2) is 0 Å². The summed E-state index contributed by atoms with van der Waals surface area (Å²) in [4.78, 5) is 11.9. The van der Waals surface area contributed by atoms with Crippen LogP contribution in [0.25, 0.3) is 0 Å². The number of carbonyl (C=O) groups is 1. The number of aliphatic hydroxyl groups excluding tert-OH is 1. The summed E-state index contributed by atoms with van der Waals surface area (Å²) in [6.07, 6.45) is 0. The Labute approximate surface area is 114 Å². The van der Waals surface area contributed by atoms with Gasteiger partial charge in [0.05, 0.1) is 18.2 Å². The third-order valence-electron chi connectivity index (χ3n) is 2.52. The van der Waals surface area contributed by atoms with E-state index in [1.165, 1.54) is 6.07 Å². The molecular formula is C12H16INO3. The number of hydrogen-bond acceptors (Lipinski definition) is 3. The summed E-state index contributed by atoms with van der Waals surface area (Å²) in [7, 11) is 0. The van der Waals surface area contributed by atoms with E-state index in [1.807, 2.05) is 13.8 Å². The summed E-state index contributed by atoms with van der Waals surface area (Å²) in [5.41, 5.74) is 0.232. The lowest BCUT2D eigenvalue weighted by Crippen LogP contribution is -2.41. The first-order valence-electron chi connectivity index (χ1n) is 5.36. The molecule has 1 atom stereocenters. The van der Waals surface area contributed by atoms with E-state index >= 15 is 0 Å². The lowest BCUT2D eigenvalue weighted by atomic mass is 10.0. The van der Waals surface area contributed by atoms with E-state index < -0.39 is 0 Å². The maximum absolute atomic E-state index is 11.9. The minimum atomic E-state index is -0.367. The molecule has 5 heteroatoms. The third kappa shape index (κ3) is 3.85. The highest BCUT2D eigenvalue weighted by atomic mass is 127. The van der Waals surface area contributed by atoms with Gasteiger partial charge in [0.2, 0.25) is 0 Å². The maximum Gasteiger partial charge on any atom is 0.255 e. The van der Waals surface area contributed by atoms with Gasteiger partial charge in [-0.25, -0.2) is 0 Å². The van der Waals surface area contributed by atoms with Gasteiger partial charge in [-0.2, -0.15) is 0 Å². The summed E-state index contributed by atoms with van der Waals surface area (Å²) >= 11 is 2.07. The first-order chi connectivity index (χ1) is 7.95. The molecule has 17 heavy (non-hydrogen) atoms. The van der Waals surface area contributed by atoms with Gasteiger partial charge >= 0.3 is 0 Å². The van der Waals surface area contributed by atoms with E-state index in [4.69, 9.17) is 5.11 Å². The van der Waals surface area contributed by atoms with Crippen LogP contribution in [0.2, 0.25) is 0 Å². The minimum Gasteiger partial charge on any atom is -0.507 e. The van der Waals surface area contributed by atoms with Gasteiger partial charge in [0.1, 0.15) is 5.75 Å². The number of rotatable bonds is 4. The Bertz CT molecular complexity index is 407. The monoisotopic (exact) mass is 349 g/mol. The highest BCUT2D eigenvalue weighted by molar-refractivity contribution is 14.1. The topological polar surface area (TPSA) is 69.6 Å². The fourth-order valence-corrected chi connectivity index (χ4v) is 1.85. The fraction of sp³-hybridized carbons (Fsp3) is 0.417. The molecule has 3 N–H and O–H groups in total. The van der Waals surface area contributed by atoms with Crippen LogP contribution in [-0.4, -0.2) is 28.8 Å². The summed E-state index contributed by atoms with van der Waals surface area (Å²) < 4.78 is 0.871. The second-order valence-electron chi connectivity index (χ2n) is 4.17. The van der Waals surface area contributed by atoms with Crippen molar-refractivity contribution in [3.63, 3.8) is 0 Å². The normalized spacial score (nSPS) is 12.5. The quantitative estimate of drug-likeness (QED) is 0.726. The molecule has 1 aromatic rings. The summed E-state index contributed by atoms with van der Waals surface area (Å²) in [5, 5.41) is 21.4. The molecule has 1 rings (SSSR count). The number of carbonyl (C=O) groups excluding carboxylic acids is 1. The molecule has 0 aromatic heterocycles. The second-order valence-corrected chi connectivity index (χ2v) is 5.41. The van der Waals surface area contributed by atoms with E-state index in [-0.39, 0.29) is 35.8 Å². The van der Waals surface area contributed by atoms with E-state index in [9.17, 15) is 9.90 Å². The number of nitrogens with one attached hydrogen (secondary N) is 1. The number of phenols is 1. The van der Waals surface area contributed by atoms with Crippen LogP contribution in [0.4, 0.5) is 0 Å². The van der Waals surface area contributed by atoms with Crippen LogP contribution in [0.5, 0.6) is 5.75 Å². The number of aromatic hydroxyl groups is 1. The van der Waals surface area contributed by atoms with Crippen molar-refractivity contribution >= 4 is 28.5 Å². The van der Waals surface area contributed by atoms with Crippen LogP contribution in [0.1, 0.15) is 24.2 Å². The van der Waals surface area contributed by atoms with Crippen LogP contribution >= 0.6 is 22.6 Å². The fourth-order valence-electron chi connectivity index (χ4n) is 1.36. The average Bonchev–Trinajstić information content (AvgIpc) is 2.28. The van der Waals surface area contributed by atoms with Gasteiger partial charge in [-0.3, -0.25) is 4.79 Å². The van der Waals surface area contributed by atoms with Gasteiger partial charge in [-0.1, -0.05) is 13.8 Å². The molecule has 0 aliphatic rings. The number of amides is 1. The van der Waals surface area contributed by atoms with E-state index in [2.05, 4.69) is 27.9 Å². The Morgan fingerprint density at radius 3 is 2.65 bits per heavy atom. The van der Waals surface area contributed by atoms with Gasteiger partial charge in [-0.05, 0) is 46.7 Å². The molecule has 0 spiro atoms. The van der Waals surface area contributed by atoms with E-state index in [1.54, 1.807) is 12.1 Å². The summed E-state index contributed by atoms with van der Waals surface area (Å²) in [6, 6.07) is 4.51. The smallest absolute Gasteiger partial charge is 0.255 e. The molecule has 0 heterocycles. The van der Waals surface area contributed by atoms with Gasteiger partial charge in [-0.15, -0.1) is 0 Å². The van der Waals surface area contributed by atoms with Crippen LogP contribution in [0.15, 0.2) is 18.2 Å². The predicted molar refractivity (Wildman–Crippen MR) is 74.0 cm³/mol. The van der Waals surface area contributed by atoms with Gasteiger partial charge < -0.3 is 15.5 Å². The number of hydrogen-bond donors (Lipinski definition) is 3. The highest BCUT2D eigenvalue weighted by Gasteiger charge is 2.18. The number of aliphatic hydroxyl groups is 1. The van der Waals surface area contributed by atoms with Crippen LogP contribution in [0, 0.1) is 9.49 Å². The van der Waals surface area contributed by atoms with Crippen molar-refractivity contribution in [1.29, 1.82) is 0 Å². The Kier molecular flexibility index (Phi) is 5.20. The van der Waals surface area contributed by atoms with Crippen LogP contribution in [-0.2, 0) is 0 Å². The van der Waals surface area contributed by atoms with Crippen LogP contribution < -0.4 is 5.32 Å². The maximum atomic E-state index is 11.9. The summed E-state index contributed by atoms with van der Waals surface area (Å²) in [6.45, 7) is 3.71. The predicted octanol–water partition coefficient (Wildman–Crippen LogP) is 1.74. The minimum absolute atomic E-state index is 0.0524. The van der Waals surface area contributed by atoms with Crippen LogP contribution in [0.3, 0.4) is 0 Å². The SMILES string of the molecule is CC(C)[C@@H](CO)NC(=O)c1cc(I)ccc1O. The van der Waals surface area contributed by atoms with E-state index in [0.717, 1.165) is 3.57 Å². The van der Waals surface area contributed by atoms with Crippen molar-refractivity contribution in [3.8, 4) is 5.75 Å². The molecule has 0 radical (unpaired) electrons. The first-order valence-corrected chi connectivity index (χ1v) is 6.43. The Hall–Kier alpha value is -0.820. The number of halogens is 1. The van der Waals surface area contributed by atoms with Crippen molar-refractivity contribution in [3.05, 3.63) is 27.3 Å². The van der Waals surface area contributed by atoms with E-state index in [0.29, 0.717) is 0 Å². The molecule has 4 nitrogen and oxygen atoms in total. The molecule has 0 aliphatic carbocycles. The average molecular weight is 349 g/mol. The molecule has 1 amide bonds. The zero-order valence-corrected chi connectivity index (χ0v) is 11.9. The molecule has 94 valence electrons. The third-order valence-corrected chi connectivity index (χ3v) is 3.19. The Balaban J connectivity index is 2.86. The Morgan fingerprint density at radius 2 is 2.12 bits per heavy atom. The van der Waals surface area contributed by atoms with Crippen molar-refractivity contribution in [2.45, 2.75) is 19.9 Å². The standard InChI is InChI=1S/C12H16INO3/c1-7(2)10(6-15)14-12(17)9-5-8(13)3-4-11(9)16/h3-5,7,10,15-16H,6H2,1-2H3,(H,14,17)/t10-/m1/s1. The highest BCUT2D eigenvalue weighted by Crippen LogP contribution is 2.19. The summed E-state index contributed by atoms with van der Waals surface area (Å²) in [5.74, 6) is -0.286. The van der Waals surface area contributed by atoms with Gasteiger partial charge in [0.25, 0.3) is 5.91 Å². The molecule has 0 aliphatic heterocycles. The van der Waals surface area contributed by atoms with Crippen molar-refractivity contribution < 1.29 is 15.0 Å². The zero-order chi connectivity index (χ0) is 13.0. The number of benzene rings is 1. The van der Waals surface area contributed by atoms with Crippen molar-refractivity contribution in [2.24, 2.45) is 5.92 Å². The molecule has 0 unspecified atom stereocenters. The molecule has 0 saturated heterocycles. The Morgan fingerprint density at radius 1 is 1.47 bits per heavy atom. The second kappa shape index (κ2) is 6.20. The molecule has 0 saturated carbocycles. The molecule has 0 fully saturated rings. The largest absolute Gasteiger partial charge is 0.507 e. The number of phenolic OH excluding ortho intramolecular Hbond substituents is 1. The first kappa shape index (κ1) is 14.2. The molecule has 0 bridgehead atoms. The van der Waals surface area contributed by atoms with Crippen molar-refractivity contribution in [2.75, 3.05) is 6.61 Å². The molecule has 1 aromatic carbocycles. The zero-order valence-electron chi connectivity index (χ0n) is 9.77. The molecular weight excluding hydrogens is 333 g/mol.